The number of nitrogens with one attached hydrogen (secondary N) is 2. The minimum absolute atomic E-state index is 0.00256. The van der Waals surface area contributed by atoms with Gasteiger partial charge in [-0.15, -0.1) is 0 Å². The van der Waals surface area contributed by atoms with Gasteiger partial charge in [0, 0.05) is 45.5 Å². The Kier molecular flexibility index (Phi) is 5.58. The summed E-state index contributed by atoms with van der Waals surface area (Å²) in [6.07, 6.45) is 4.26. The van der Waals surface area contributed by atoms with Gasteiger partial charge in [0.25, 0.3) is 0 Å². The molecule has 0 bridgehead atoms. The van der Waals surface area contributed by atoms with E-state index < -0.39 is 10.0 Å². The molecule has 11 heteroatoms. The third-order valence-corrected chi connectivity index (χ3v) is 6.08. The molecule has 0 saturated carbocycles. The number of piperazine rings is 1. The minimum Gasteiger partial charge on any atom is -0.339 e. The van der Waals surface area contributed by atoms with Crippen LogP contribution in [0.3, 0.4) is 0 Å². The molecule has 144 valence electrons. The topological polar surface area (TPSA) is 117 Å². The molecule has 1 aromatic heterocycles. The Balaban J connectivity index is 1.56. The van der Waals surface area contributed by atoms with Crippen LogP contribution in [0, 0.1) is 0 Å². The van der Waals surface area contributed by atoms with E-state index in [1.165, 1.54) is 17.1 Å². The highest BCUT2D eigenvalue weighted by atomic mass is 32.2. The van der Waals surface area contributed by atoms with E-state index in [9.17, 15) is 18.0 Å². The van der Waals surface area contributed by atoms with Crippen LogP contribution in [0.25, 0.3) is 0 Å². The first-order valence-corrected chi connectivity index (χ1v) is 10.1. The maximum atomic E-state index is 12.5. The van der Waals surface area contributed by atoms with Crippen molar-refractivity contribution in [1.82, 2.24) is 29.6 Å². The van der Waals surface area contributed by atoms with Gasteiger partial charge in [0.1, 0.15) is 4.90 Å². The summed E-state index contributed by atoms with van der Waals surface area (Å²) in [6.45, 7) is 2.43. The van der Waals surface area contributed by atoms with Gasteiger partial charge in [0.15, 0.2) is 0 Å². The monoisotopic (exact) mass is 384 g/mol. The summed E-state index contributed by atoms with van der Waals surface area (Å²) in [5.41, 5.74) is 0. The molecular formula is C15H24N6O4S. The highest BCUT2D eigenvalue weighted by molar-refractivity contribution is 7.89. The van der Waals surface area contributed by atoms with Crippen LogP contribution in [0.4, 0.5) is 0 Å². The fourth-order valence-electron chi connectivity index (χ4n) is 3.33. The number of hydrogen-bond donors (Lipinski definition) is 2. The van der Waals surface area contributed by atoms with Crippen molar-refractivity contribution in [1.29, 1.82) is 0 Å². The number of rotatable bonds is 5. The van der Waals surface area contributed by atoms with Crippen molar-refractivity contribution in [3.05, 3.63) is 12.4 Å². The van der Waals surface area contributed by atoms with E-state index in [2.05, 4.69) is 15.1 Å². The van der Waals surface area contributed by atoms with Crippen LogP contribution in [0.2, 0.25) is 0 Å². The summed E-state index contributed by atoms with van der Waals surface area (Å²) < 4.78 is 28.1. The third-order valence-electron chi connectivity index (χ3n) is 4.72. The Morgan fingerprint density at radius 3 is 2.92 bits per heavy atom. The van der Waals surface area contributed by atoms with Crippen molar-refractivity contribution in [2.75, 3.05) is 39.3 Å². The molecular weight excluding hydrogens is 360 g/mol. The Morgan fingerprint density at radius 2 is 2.23 bits per heavy atom. The molecule has 0 aliphatic carbocycles. The summed E-state index contributed by atoms with van der Waals surface area (Å²) in [6, 6.07) is -0.00256. The van der Waals surface area contributed by atoms with E-state index in [1.807, 2.05) is 4.90 Å². The molecule has 0 spiro atoms. The van der Waals surface area contributed by atoms with Crippen LogP contribution in [0.5, 0.6) is 0 Å². The average molecular weight is 384 g/mol. The van der Waals surface area contributed by atoms with Gasteiger partial charge in [-0.05, 0) is 12.8 Å². The number of aromatic nitrogens is 2. The van der Waals surface area contributed by atoms with Gasteiger partial charge >= 0.3 is 0 Å². The van der Waals surface area contributed by atoms with E-state index in [-0.39, 0.29) is 29.3 Å². The van der Waals surface area contributed by atoms with Crippen molar-refractivity contribution >= 4 is 21.8 Å². The summed E-state index contributed by atoms with van der Waals surface area (Å²) in [7, 11) is -2.15. The number of sulfonamides is 1. The van der Waals surface area contributed by atoms with E-state index in [4.69, 9.17) is 0 Å². The molecule has 3 rings (SSSR count). The molecule has 1 unspecified atom stereocenters. The molecule has 1 aromatic rings. The number of amides is 2. The first-order chi connectivity index (χ1) is 12.4. The molecule has 2 saturated heterocycles. The molecule has 3 heterocycles. The van der Waals surface area contributed by atoms with Gasteiger partial charge in [0.2, 0.25) is 21.8 Å². The largest absolute Gasteiger partial charge is 0.339 e. The fraction of sp³-hybridized carbons (Fsp3) is 0.667. The van der Waals surface area contributed by atoms with Crippen LogP contribution >= 0.6 is 0 Å². The summed E-state index contributed by atoms with van der Waals surface area (Å²) in [5.74, 6) is -0.238. The van der Waals surface area contributed by atoms with Gasteiger partial charge in [-0.3, -0.25) is 14.3 Å². The quantitative estimate of drug-likeness (QED) is 0.614. The zero-order chi connectivity index (χ0) is 18.7. The molecule has 2 N–H and O–H groups in total. The Hall–Kier alpha value is -1.98. The lowest BCUT2D eigenvalue weighted by atomic mass is 10.0. The first kappa shape index (κ1) is 18.8. The van der Waals surface area contributed by atoms with E-state index in [0.717, 1.165) is 19.4 Å². The molecule has 2 amide bonds. The van der Waals surface area contributed by atoms with Crippen molar-refractivity contribution in [3.63, 3.8) is 0 Å². The fourth-order valence-corrected chi connectivity index (χ4v) is 4.29. The Labute approximate surface area is 152 Å². The smallest absolute Gasteiger partial charge is 0.244 e. The van der Waals surface area contributed by atoms with Crippen LogP contribution in [-0.2, 0) is 26.7 Å². The highest BCUT2D eigenvalue weighted by Gasteiger charge is 2.31. The molecule has 0 aromatic carbocycles. The van der Waals surface area contributed by atoms with Crippen molar-refractivity contribution in [2.45, 2.75) is 23.8 Å². The molecule has 26 heavy (non-hydrogen) atoms. The van der Waals surface area contributed by atoms with Gasteiger partial charge in [-0.1, -0.05) is 0 Å². The molecule has 1 atom stereocenters. The van der Waals surface area contributed by atoms with Crippen molar-refractivity contribution in [2.24, 2.45) is 7.05 Å². The standard InChI is InChI=1S/C15H24N6O4S/c1-19-11-13(7-17-19)26(24,25)18-9-14(22)20-5-2-3-12(10-20)21-6-4-16-8-15(21)23/h7,11-12,16,18H,2-6,8-10H2,1H3. The number of piperidine rings is 1. The second-order valence-electron chi connectivity index (χ2n) is 6.57. The lowest BCUT2D eigenvalue weighted by molar-refractivity contribution is -0.139. The highest BCUT2D eigenvalue weighted by Crippen LogP contribution is 2.17. The number of hydrogen-bond acceptors (Lipinski definition) is 6. The normalized spacial score (nSPS) is 21.9. The van der Waals surface area contributed by atoms with Crippen LogP contribution in [0.15, 0.2) is 17.3 Å². The summed E-state index contributed by atoms with van der Waals surface area (Å²) >= 11 is 0. The van der Waals surface area contributed by atoms with Crippen molar-refractivity contribution in [3.8, 4) is 0 Å². The lowest BCUT2D eigenvalue weighted by Crippen LogP contribution is -2.58. The van der Waals surface area contributed by atoms with Gasteiger partial charge < -0.3 is 15.1 Å². The second-order valence-corrected chi connectivity index (χ2v) is 8.34. The zero-order valence-corrected chi connectivity index (χ0v) is 15.5. The molecule has 2 aliphatic rings. The molecule has 10 nitrogen and oxygen atoms in total. The summed E-state index contributed by atoms with van der Waals surface area (Å²) in [5, 5.41) is 6.86. The minimum atomic E-state index is -3.77. The maximum absolute atomic E-state index is 12.5. The lowest BCUT2D eigenvalue weighted by Gasteiger charge is -2.41. The predicted octanol–water partition coefficient (Wildman–Crippen LogP) is -1.88. The Morgan fingerprint density at radius 1 is 1.42 bits per heavy atom. The third kappa shape index (κ3) is 4.22. The summed E-state index contributed by atoms with van der Waals surface area (Å²) in [4.78, 5) is 28.0. The van der Waals surface area contributed by atoms with Gasteiger partial charge in [0.05, 0.1) is 19.3 Å². The van der Waals surface area contributed by atoms with Crippen LogP contribution < -0.4 is 10.0 Å². The van der Waals surface area contributed by atoms with E-state index in [1.54, 1.807) is 11.9 Å². The first-order valence-electron chi connectivity index (χ1n) is 8.63. The van der Waals surface area contributed by atoms with E-state index in [0.29, 0.717) is 26.2 Å². The number of carbonyl (C=O) groups excluding carboxylic acids is 2. The van der Waals surface area contributed by atoms with E-state index >= 15 is 0 Å². The number of likely N-dealkylation sites (tertiary alicyclic amines) is 1. The molecule has 0 radical (unpaired) electrons. The number of nitrogens with zero attached hydrogens (tertiary/aromatic N) is 4. The van der Waals surface area contributed by atoms with Gasteiger partial charge in [-0.25, -0.2) is 13.1 Å². The molecule has 2 aliphatic heterocycles. The van der Waals surface area contributed by atoms with Crippen LogP contribution in [0.1, 0.15) is 12.8 Å². The maximum Gasteiger partial charge on any atom is 0.244 e. The zero-order valence-electron chi connectivity index (χ0n) is 14.7. The Bertz CT molecular complexity index is 777. The number of carbonyl (C=O) groups is 2. The second kappa shape index (κ2) is 7.72. The SMILES string of the molecule is Cn1cc(S(=O)(=O)NCC(=O)N2CCCC(N3CCNCC3=O)C2)cn1. The average Bonchev–Trinajstić information content (AvgIpc) is 3.08. The molecule has 2 fully saturated rings. The predicted molar refractivity (Wildman–Crippen MR) is 92.6 cm³/mol. The van der Waals surface area contributed by atoms with Gasteiger partial charge in [-0.2, -0.15) is 5.10 Å². The van der Waals surface area contributed by atoms with Crippen LogP contribution in [-0.4, -0.2) is 85.1 Å². The number of aryl methyl sites for hydroxylation is 1. The van der Waals surface area contributed by atoms with Crippen molar-refractivity contribution < 1.29 is 18.0 Å².